The van der Waals surface area contributed by atoms with E-state index >= 15 is 0 Å². The molecular formula is C14H11BrFNO2. The van der Waals surface area contributed by atoms with E-state index in [1.807, 2.05) is 0 Å². The largest absolute Gasteiger partial charge is 0.478 e. The van der Waals surface area contributed by atoms with Gasteiger partial charge < -0.3 is 10.4 Å². The number of nitrogens with one attached hydrogen (secondary N) is 1. The van der Waals surface area contributed by atoms with Gasteiger partial charge in [-0.3, -0.25) is 0 Å². The first-order valence-corrected chi connectivity index (χ1v) is 6.37. The van der Waals surface area contributed by atoms with Gasteiger partial charge in [-0.05, 0) is 51.8 Å². The van der Waals surface area contributed by atoms with E-state index in [0.717, 1.165) is 11.3 Å². The normalized spacial score (nSPS) is 10.2. The number of benzene rings is 2. The second kappa shape index (κ2) is 5.84. The summed E-state index contributed by atoms with van der Waals surface area (Å²) in [6.07, 6.45) is 0. The van der Waals surface area contributed by atoms with Gasteiger partial charge in [-0.1, -0.05) is 12.1 Å². The van der Waals surface area contributed by atoms with Crippen LogP contribution in [0, 0.1) is 5.82 Å². The minimum Gasteiger partial charge on any atom is -0.478 e. The Kier molecular flexibility index (Phi) is 4.16. The Morgan fingerprint density at radius 2 is 1.89 bits per heavy atom. The second-order valence-electron chi connectivity index (χ2n) is 3.98. The highest BCUT2D eigenvalue weighted by molar-refractivity contribution is 9.10. The second-order valence-corrected chi connectivity index (χ2v) is 4.84. The topological polar surface area (TPSA) is 49.3 Å². The highest BCUT2D eigenvalue weighted by Crippen LogP contribution is 2.20. The van der Waals surface area contributed by atoms with Crippen molar-refractivity contribution in [2.75, 3.05) is 5.32 Å². The summed E-state index contributed by atoms with van der Waals surface area (Å²) in [5.74, 6) is -1.25. The molecule has 0 radical (unpaired) electrons. The molecule has 2 N–H and O–H groups in total. The first-order chi connectivity index (χ1) is 9.06. The molecule has 0 atom stereocenters. The van der Waals surface area contributed by atoms with Crippen molar-refractivity contribution in [1.82, 2.24) is 0 Å². The van der Waals surface area contributed by atoms with Crippen molar-refractivity contribution < 1.29 is 14.3 Å². The SMILES string of the molecule is O=C(O)c1ccc(CNc2ccc(F)c(Br)c2)cc1. The van der Waals surface area contributed by atoms with Crippen LogP contribution in [0.1, 0.15) is 15.9 Å². The van der Waals surface area contributed by atoms with Gasteiger partial charge in [-0.25, -0.2) is 9.18 Å². The maximum Gasteiger partial charge on any atom is 0.335 e. The van der Waals surface area contributed by atoms with Crippen molar-refractivity contribution in [2.24, 2.45) is 0 Å². The van der Waals surface area contributed by atoms with Crippen LogP contribution in [0.4, 0.5) is 10.1 Å². The molecule has 0 heterocycles. The standard InChI is InChI=1S/C14H11BrFNO2/c15-12-7-11(5-6-13(12)16)17-8-9-1-3-10(4-2-9)14(18)19/h1-7,17H,8H2,(H,18,19). The zero-order valence-electron chi connectivity index (χ0n) is 9.86. The van der Waals surface area contributed by atoms with Crippen molar-refractivity contribution in [2.45, 2.75) is 6.54 Å². The van der Waals surface area contributed by atoms with E-state index in [0.29, 0.717) is 11.0 Å². The molecule has 0 aliphatic heterocycles. The predicted octanol–water partition coefficient (Wildman–Crippen LogP) is 3.90. The lowest BCUT2D eigenvalue weighted by Gasteiger charge is -2.07. The van der Waals surface area contributed by atoms with E-state index in [1.54, 1.807) is 36.4 Å². The first kappa shape index (κ1) is 13.5. The van der Waals surface area contributed by atoms with Crippen molar-refractivity contribution in [3.63, 3.8) is 0 Å². The summed E-state index contributed by atoms with van der Waals surface area (Å²) in [5, 5.41) is 11.9. The zero-order chi connectivity index (χ0) is 13.8. The Bertz CT molecular complexity index is 599. The minimum absolute atomic E-state index is 0.258. The van der Waals surface area contributed by atoms with E-state index in [2.05, 4.69) is 21.2 Å². The number of halogens is 2. The maximum atomic E-state index is 13.1. The monoisotopic (exact) mass is 323 g/mol. The van der Waals surface area contributed by atoms with Crippen LogP contribution in [0.2, 0.25) is 0 Å². The summed E-state index contributed by atoms with van der Waals surface area (Å²) < 4.78 is 13.5. The molecule has 2 aromatic rings. The highest BCUT2D eigenvalue weighted by atomic mass is 79.9. The zero-order valence-corrected chi connectivity index (χ0v) is 11.4. The predicted molar refractivity (Wildman–Crippen MR) is 74.8 cm³/mol. The third-order valence-electron chi connectivity index (χ3n) is 2.62. The van der Waals surface area contributed by atoms with Crippen molar-refractivity contribution >= 4 is 27.6 Å². The number of carboxylic acid groups (broad SMARTS) is 1. The van der Waals surface area contributed by atoms with Crippen molar-refractivity contribution in [3.8, 4) is 0 Å². The number of carbonyl (C=O) groups is 1. The van der Waals surface area contributed by atoms with Crippen LogP contribution in [0.5, 0.6) is 0 Å². The Labute approximate surface area is 118 Å². The van der Waals surface area contributed by atoms with Crippen LogP contribution >= 0.6 is 15.9 Å². The Balaban J connectivity index is 2.01. The molecule has 0 aliphatic rings. The number of rotatable bonds is 4. The molecule has 0 saturated carbocycles. The molecule has 0 fully saturated rings. The molecule has 2 aromatic carbocycles. The Morgan fingerprint density at radius 1 is 1.21 bits per heavy atom. The van der Waals surface area contributed by atoms with Gasteiger partial charge in [0, 0.05) is 12.2 Å². The number of hydrogen-bond donors (Lipinski definition) is 2. The van der Waals surface area contributed by atoms with Gasteiger partial charge in [-0.2, -0.15) is 0 Å². The fourth-order valence-corrected chi connectivity index (χ4v) is 1.95. The molecule has 3 nitrogen and oxygen atoms in total. The molecule has 0 aliphatic carbocycles. The summed E-state index contributed by atoms with van der Waals surface area (Å²) in [7, 11) is 0. The molecule has 0 saturated heterocycles. The molecule has 0 unspecified atom stereocenters. The van der Waals surface area contributed by atoms with Gasteiger partial charge in [0.1, 0.15) is 5.82 Å². The summed E-state index contributed by atoms with van der Waals surface area (Å²) in [6.45, 7) is 0.540. The van der Waals surface area contributed by atoms with Gasteiger partial charge in [0.15, 0.2) is 0 Å². The third kappa shape index (κ3) is 3.54. The lowest BCUT2D eigenvalue weighted by molar-refractivity contribution is 0.0697. The molecule has 98 valence electrons. The third-order valence-corrected chi connectivity index (χ3v) is 3.22. The van der Waals surface area contributed by atoms with Crippen LogP contribution in [-0.4, -0.2) is 11.1 Å². The summed E-state index contributed by atoms with van der Waals surface area (Å²) in [4.78, 5) is 10.7. The fraction of sp³-hybridized carbons (Fsp3) is 0.0714. The lowest BCUT2D eigenvalue weighted by Crippen LogP contribution is -2.01. The molecule has 0 aromatic heterocycles. The van der Waals surface area contributed by atoms with Crippen LogP contribution < -0.4 is 5.32 Å². The van der Waals surface area contributed by atoms with Gasteiger partial charge in [0.05, 0.1) is 10.0 Å². The molecule has 5 heteroatoms. The first-order valence-electron chi connectivity index (χ1n) is 5.57. The molecule has 0 spiro atoms. The minimum atomic E-state index is -0.943. The van der Waals surface area contributed by atoms with E-state index in [-0.39, 0.29) is 11.4 Å². The van der Waals surface area contributed by atoms with Crippen LogP contribution in [0.3, 0.4) is 0 Å². The number of hydrogen-bond acceptors (Lipinski definition) is 2. The molecule has 19 heavy (non-hydrogen) atoms. The molecule has 2 rings (SSSR count). The number of anilines is 1. The molecule has 0 bridgehead atoms. The van der Waals surface area contributed by atoms with E-state index in [4.69, 9.17) is 5.11 Å². The van der Waals surface area contributed by atoms with Gasteiger partial charge in [0.25, 0.3) is 0 Å². The Hall–Kier alpha value is -1.88. The van der Waals surface area contributed by atoms with Crippen LogP contribution in [-0.2, 0) is 6.54 Å². The highest BCUT2D eigenvalue weighted by Gasteiger charge is 2.03. The van der Waals surface area contributed by atoms with Crippen molar-refractivity contribution in [1.29, 1.82) is 0 Å². The van der Waals surface area contributed by atoms with E-state index in [1.165, 1.54) is 6.07 Å². The van der Waals surface area contributed by atoms with Gasteiger partial charge >= 0.3 is 5.97 Å². The Morgan fingerprint density at radius 3 is 2.47 bits per heavy atom. The van der Waals surface area contributed by atoms with Gasteiger partial charge in [-0.15, -0.1) is 0 Å². The summed E-state index contributed by atoms with van der Waals surface area (Å²) >= 11 is 3.12. The van der Waals surface area contributed by atoms with Crippen LogP contribution in [0.15, 0.2) is 46.9 Å². The lowest BCUT2D eigenvalue weighted by atomic mass is 10.1. The van der Waals surface area contributed by atoms with E-state index in [9.17, 15) is 9.18 Å². The molecular weight excluding hydrogens is 313 g/mol. The maximum absolute atomic E-state index is 13.1. The van der Waals surface area contributed by atoms with Crippen molar-refractivity contribution in [3.05, 3.63) is 63.9 Å². The summed E-state index contributed by atoms with van der Waals surface area (Å²) in [5.41, 5.74) is 1.99. The quantitative estimate of drug-likeness (QED) is 0.897. The number of carboxylic acids is 1. The van der Waals surface area contributed by atoms with E-state index < -0.39 is 5.97 Å². The molecule has 0 amide bonds. The smallest absolute Gasteiger partial charge is 0.335 e. The average Bonchev–Trinajstić information content (AvgIpc) is 2.40. The number of aromatic carboxylic acids is 1. The van der Waals surface area contributed by atoms with Gasteiger partial charge in [0.2, 0.25) is 0 Å². The summed E-state index contributed by atoms with van der Waals surface area (Å²) in [6, 6.07) is 11.3. The average molecular weight is 324 g/mol. The fourth-order valence-electron chi connectivity index (χ4n) is 1.58. The van der Waals surface area contributed by atoms with Crippen LogP contribution in [0.25, 0.3) is 0 Å².